The molecule has 0 bridgehead atoms. The van der Waals surface area contributed by atoms with Crippen LogP contribution < -0.4 is 5.32 Å². The van der Waals surface area contributed by atoms with E-state index in [1.165, 1.54) is 0 Å². The summed E-state index contributed by atoms with van der Waals surface area (Å²) in [5.74, 6) is 0. The predicted molar refractivity (Wildman–Crippen MR) is 68.9 cm³/mol. The van der Waals surface area contributed by atoms with Crippen LogP contribution in [0.5, 0.6) is 0 Å². The maximum atomic E-state index is 11.4. The summed E-state index contributed by atoms with van der Waals surface area (Å²) >= 11 is 0. The van der Waals surface area contributed by atoms with Gasteiger partial charge in [0.05, 0.1) is 6.61 Å². The van der Waals surface area contributed by atoms with Gasteiger partial charge in [0.1, 0.15) is 5.60 Å². The summed E-state index contributed by atoms with van der Waals surface area (Å²) in [4.78, 5) is 11.4. The van der Waals surface area contributed by atoms with E-state index >= 15 is 0 Å². The van der Waals surface area contributed by atoms with Crippen molar-refractivity contribution in [2.45, 2.75) is 58.6 Å². The quantitative estimate of drug-likeness (QED) is 0.557. The van der Waals surface area contributed by atoms with Gasteiger partial charge in [-0.2, -0.15) is 0 Å². The van der Waals surface area contributed by atoms with Crippen molar-refractivity contribution in [3.05, 3.63) is 12.2 Å². The summed E-state index contributed by atoms with van der Waals surface area (Å²) in [6, 6.07) is 0.104. The van der Waals surface area contributed by atoms with Gasteiger partial charge < -0.3 is 15.2 Å². The lowest BCUT2D eigenvalue weighted by Crippen LogP contribution is -2.37. The molecule has 0 fully saturated rings. The molecule has 17 heavy (non-hydrogen) atoms. The number of alkyl carbamates (subject to hydrolysis) is 1. The fourth-order valence-electron chi connectivity index (χ4n) is 1.32. The van der Waals surface area contributed by atoms with Crippen LogP contribution in [0.15, 0.2) is 12.2 Å². The zero-order chi connectivity index (χ0) is 13.3. The first-order valence-electron chi connectivity index (χ1n) is 6.10. The van der Waals surface area contributed by atoms with Gasteiger partial charge in [0, 0.05) is 6.04 Å². The molecule has 1 amide bonds. The van der Waals surface area contributed by atoms with Gasteiger partial charge in [0.15, 0.2) is 0 Å². The first kappa shape index (κ1) is 16.0. The minimum Gasteiger partial charge on any atom is -0.444 e. The summed E-state index contributed by atoms with van der Waals surface area (Å²) < 4.78 is 5.16. The number of nitrogens with one attached hydrogen (secondary N) is 1. The lowest BCUT2D eigenvalue weighted by atomic mass is 10.1. The van der Waals surface area contributed by atoms with Crippen molar-refractivity contribution in [1.29, 1.82) is 0 Å². The molecule has 0 aliphatic heterocycles. The number of ether oxygens (including phenoxy) is 1. The number of unbranched alkanes of at least 4 members (excludes halogenated alkanes) is 1. The van der Waals surface area contributed by atoms with E-state index < -0.39 is 5.60 Å². The van der Waals surface area contributed by atoms with Crippen LogP contribution in [0.2, 0.25) is 0 Å². The molecule has 0 aromatic heterocycles. The number of hydrogen-bond acceptors (Lipinski definition) is 3. The van der Waals surface area contributed by atoms with E-state index in [0.29, 0.717) is 0 Å². The van der Waals surface area contributed by atoms with Gasteiger partial charge in [-0.15, -0.1) is 0 Å². The zero-order valence-corrected chi connectivity index (χ0v) is 11.3. The maximum Gasteiger partial charge on any atom is 0.407 e. The van der Waals surface area contributed by atoms with E-state index in [1.807, 2.05) is 33.8 Å². The molecule has 0 aromatic rings. The molecule has 4 nitrogen and oxygen atoms in total. The second-order valence-electron chi connectivity index (χ2n) is 5.13. The first-order valence-corrected chi connectivity index (χ1v) is 6.10. The monoisotopic (exact) mass is 243 g/mol. The van der Waals surface area contributed by atoms with Gasteiger partial charge in [-0.1, -0.05) is 12.2 Å². The molecule has 0 radical (unpaired) electrons. The fourth-order valence-corrected chi connectivity index (χ4v) is 1.32. The number of carbonyl (C=O) groups is 1. The van der Waals surface area contributed by atoms with Gasteiger partial charge >= 0.3 is 6.09 Å². The van der Waals surface area contributed by atoms with Crippen molar-refractivity contribution in [2.75, 3.05) is 6.61 Å². The van der Waals surface area contributed by atoms with Crippen molar-refractivity contribution in [3.8, 4) is 0 Å². The van der Waals surface area contributed by atoms with Gasteiger partial charge in [-0.05, 0) is 47.0 Å². The molecule has 0 aromatic carbocycles. The van der Waals surface area contributed by atoms with Crippen LogP contribution in [-0.4, -0.2) is 29.4 Å². The minimum atomic E-state index is -0.451. The van der Waals surface area contributed by atoms with Gasteiger partial charge in [-0.3, -0.25) is 0 Å². The van der Waals surface area contributed by atoms with E-state index in [2.05, 4.69) is 5.32 Å². The minimum absolute atomic E-state index is 0.0890. The Morgan fingerprint density at radius 3 is 2.59 bits per heavy atom. The number of aliphatic hydroxyl groups excluding tert-OH is 1. The highest BCUT2D eigenvalue weighted by molar-refractivity contribution is 5.67. The smallest absolute Gasteiger partial charge is 0.407 e. The van der Waals surface area contributed by atoms with E-state index in [4.69, 9.17) is 9.84 Å². The number of amides is 1. The van der Waals surface area contributed by atoms with Crippen molar-refractivity contribution >= 4 is 6.09 Å². The van der Waals surface area contributed by atoms with Gasteiger partial charge in [-0.25, -0.2) is 4.79 Å². The number of hydrogen-bond donors (Lipinski definition) is 2. The summed E-state index contributed by atoms with van der Waals surface area (Å²) in [7, 11) is 0. The molecule has 0 rings (SSSR count). The molecule has 0 saturated carbocycles. The summed E-state index contributed by atoms with van der Waals surface area (Å²) in [5.41, 5.74) is -0.451. The number of allylic oxidation sites excluding steroid dienone is 1. The van der Waals surface area contributed by atoms with Crippen molar-refractivity contribution < 1.29 is 14.6 Å². The van der Waals surface area contributed by atoms with Crippen LogP contribution in [0.25, 0.3) is 0 Å². The largest absolute Gasteiger partial charge is 0.444 e. The second kappa shape index (κ2) is 8.12. The average Bonchev–Trinajstić information content (AvgIpc) is 2.14. The highest BCUT2D eigenvalue weighted by Gasteiger charge is 2.17. The van der Waals surface area contributed by atoms with Crippen molar-refractivity contribution in [2.24, 2.45) is 0 Å². The van der Waals surface area contributed by atoms with E-state index in [-0.39, 0.29) is 18.7 Å². The van der Waals surface area contributed by atoms with Crippen LogP contribution in [0, 0.1) is 0 Å². The van der Waals surface area contributed by atoms with Crippen molar-refractivity contribution in [3.63, 3.8) is 0 Å². The Morgan fingerprint density at radius 1 is 1.41 bits per heavy atom. The maximum absolute atomic E-state index is 11.4. The molecular weight excluding hydrogens is 218 g/mol. The average molecular weight is 243 g/mol. The number of aliphatic hydroxyl groups is 1. The lowest BCUT2D eigenvalue weighted by molar-refractivity contribution is 0.0506. The van der Waals surface area contributed by atoms with E-state index in [1.54, 1.807) is 6.08 Å². The highest BCUT2D eigenvalue weighted by atomic mass is 16.6. The third-order valence-corrected chi connectivity index (χ3v) is 2.04. The molecule has 0 spiro atoms. The van der Waals surface area contributed by atoms with Crippen LogP contribution in [0.3, 0.4) is 0 Å². The molecule has 0 aliphatic rings. The third-order valence-electron chi connectivity index (χ3n) is 2.04. The Kier molecular flexibility index (Phi) is 7.63. The molecule has 0 saturated heterocycles. The van der Waals surface area contributed by atoms with Crippen LogP contribution in [0.4, 0.5) is 4.79 Å². The molecule has 4 heteroatoms. The third kappa shape index (κ3) is 11.2. The summed E-state index contributed by atoms with van der Waals surface area (Å²) in [6.45, 7) is 7.58. The SMILES string of the molecule is C[C@@H](CCC/C=C/CO)NC(=O)OC(C)(C)C. The Bertz CT molecular complexity index is 244. The Morgan fingerprint density at radius 2 is 2.06 bits per heavy atom. The van der Waals surface area contributed by atoms with Crippen molar-refractivity contribution in [1.82, 2.24) is 5.32 Å². The molecule has 0 aliphatic carbocycles. The Hall–Kier alpha value is -1.03. The standard InChI is InChI=1S/C13H25NO3/c1-11(9-7-5-6-8-10-15)14-12(16)17-13(2,3)4/h6,8,11,15H,5,7,9-10H2,1-4H3,(H,14,16)/b8-6+/t11-/m0/s1. The zero-order valence-electron chi connectivity index (χ0n) is 11.3. The summed E-state index contributed by atoms with van der Waals surface area (Å²) in [5, 5.41) is 11.3. The Balaban J connectivity index is 3.68. The molecular formula is C13H25NO3. The first-order chi connectivity index (χ1) is 7.85. The highest BCUT2D eigenvalue weighted by Crippen LogP contribution is 2.08. The molecule has 0 unspecified atom stereocenters. The molecule has 0 heterocycles. The topological polar surface area (TPSA) is 58.6 Å². The van der Waals surface area contributed by atoms with E-state index in [9.17, 15) is 4.79 Å². The number of carbonyl (C=O) groups excluding carboxylic acids is 1. The van der Waals surface area contributed by atoms with Gasteiger partial charge in [0.2, 0.25) is 0 Å². The van der Waals surface area contributed by atoms with Crippen LogP contribution >= 0.6 is 0 Å². The fraction of sp³-hybridized carbons (Fsp3) is 0.769. The van der Waals surface area contributed by atoms with Gasteiger partial charge in [0.25, 0.3) is 0 Å². The van der Waals surface area contributed by atoms with E-state index in [0.717, 1.165) is 19.3 Å². The van der Waals surface area contributed by atoms with Crippen LogP contribution in [-0.2, 0) is 4.74 Å². The molecule has 100 valence electrons. The lowest BCUT2D eigenvalue weighted by Gasteiger charge is -2.21. The predicted octanol–water partition coefficient (Wildman–Crippen LogP) is 2.62. The van der Waals surface area contributed by atoms with Crippen LogP contribution in [0.1, 0.15) is 47.0 Å². The normalized spacial score (nSPS) is 13.7. The Labute approximate surface area is 104 Å². The summed E-state index contributed by atoms with van der Waals surface area (Å²) in [6.07, 6.45) is 6.10. The second-order valence-corrected chi connectivity index (χ2v) is 5.13. The molecule has 2 N–H and O–H groups in total. The number of rotatable bonds is 6. The molecule has 1 atom stereocenters.